The van der Waals surface area contributed by atoms with Crippen molar-refractivity contribution in [2.24, 2.45) is 11.8 Å². The molecule has 0 bridgehead atoms. The van der Waals surface area contributed by atoms with Crippen molar-refractivity contribution in [1.82, 2.24) is 25.5 Å². The maximum Gasteiger partial charge on any atom is 0.143 e. The molecule has 0 amide bonds. The zero-order valence-corrected chi connectivity index (χ0v) is 12.6. The van der Waals surface area contributed by atoms with Crippen molar-refractivity contribution in [3.63, 3.8) is 0 Å². The zero-order valence-electron chi connectivity index (χ0n) is 12.6. The molecule has 1 heterocycles. The van der Waals surface area contributed by atoms with E-state index in [1.807, 2.05) is 12.1 Å². The molecule has 20 heavy (non-hydrogen) atoms. The Kier molecular flexibility index (Phi) is 4.84. The summed E-state index contributed by atoms with van der Waals surface area (Å²) in [6.07, 6.45) is 1.61. The highest BCUT2D eigenvalue weighted by atomic mass is 15.5. The van der Waals surface area contributed by atoms with Crippen LogP contribution in [0.1, 0.15) is 39.3 Å². The monoisotopic (exact) mass is 273 g/mol. The lowest BCUT2D eigenvalue weighted by Gasteiger charge is -2.20. The Balaban J connectivity index is 2.03. The van der Waals surface area contributed by atoms with Crippen LogP contribution in [0.15, 0.2) is 30.6 Å². The van der Waals surface area contributed by atoms with E-state index in [2.05, 4.69) is 60.7 Å². The summed E-state index contributed by atoms with van der Waals surface area (Å²) >= 11 is 0. The smallest absolute Gasteiger partial charge is 0.143 e. The van der Waals surface area contributed by atoms with Gasteiger partial charge in [-0.2, -0.15) is 0 Å². The number of nitrogens with zero attached hydrogens (tertiary/aromatic N) is 4. The molecule has 2 rings (SSSR count). The van der Waals surface area contributed by atoms with Crippen molar-refractivity contribution in [1.29, 1.82) is 0 Å². The minimum atomic E-state index is 0.313. The SMILES string of the molecule is CC(NCC(C)C(C)C)c1cccc(-n2cnnn2)c1. The molecule has 0 aliphatic heterocycles. The van der Waals surface area contributed by atoms with Crippen molar-refractivity contribution in [3.05, 3.63) is 36.2 Å². The van der Waals surface area contributed by atoms with Crippen molar-refractivity contribution in [3.8, 4) is 5.69 Å². The van der Waals surface area contributed by atoms with Crippen LogP contribution in [-0.2, 0) is 0 Å². The summed E-state index contributed by atoms with van der Waals surface area (Å²) in [5.41, 5.74) is 2.23. The first-order valence-corrected chi connectivity index (χ1v) is 7.14. The average Bonchev–Trinajstić information content (AvgIpc) is 2.98. The predicted molar refractivity (Wildman–Crippen MR) is 79.6 cm³/mol. The van der Waals surface area contributed by atoms with E-state index in [-0.39, 0.29) is 0 Å². The lowest BCUT2D eigenvalue weighted by molar-refractivity contribution is 0.375. The molecule has 0 aliphatic carbocycles. The van der Waals surface area contributed by atoms with Gasteiger partial charge in [0, 0.05) is 6.04 Å². The second-order valence-corrected chi connectivity index (χ2v) is 5.70. The second kappa shape index (κ2) is 6.61. The summed E-state index contributed by atoms with van der Waals surface area (Å²) in [4.78, 5) is 0. The van der Waals surface area contributed by atoms with Gasteiger partial charge in [-0.25, -0.2) is 4.68 Å². The molecule has 0 saturated heterocycles. The maximum absolute atomic E-state index is 3.92. The van der Waals surface area contributed by atoms with Crippen molar-refractivity contribution < 1.29 is 0 Å². The Morgan fingerprint density at radius 3 is 2.65 bits per heavy atom. The van der Waals surface area contributed by atoms with Gasteiger partial charge in [-0.3, -0.25) is 0 Å². The summed E-state index contributed by atoms with van der Waals surface area (Å²) in [6, 6.07) is 8.60. The molecule has 2 atom stereocenters. The molecule has 5 heteroatoms. The van der Waals surface area contributed by atoms with E-state index in [9.17, 15) is 0 Å². The molecule has 0 spiro atoms. The third-order valence-electron chi connectivity index (χ3n) is 3.87. The molecule has 2 unspecified atom stereocenters. The van der Waals surface area contributed by atoms with Crippen LogP contribution in [0.5, 0.6) is 0 Å². The Morgan fingerprint density at radius 2 is 2.00 bits per heavy atom. The Morgan fingerprint density at radius 1 is 1.20 bits per heavy atom. The van der Waals surface area contributed by atoms with E-state index in [0.717, 1.165) is 12.2 Å². The van der Waals surface area contributed by atoms with E-state index in [1.165, 1.54) is 5.56 Å². The number of hydrogen-bond donors (Lipinski definition) is 1. The summed E-state index contributed by atoms with van der Waals surface area (Å²) in [7, 11) is 0. The van der Waals surface area contributed by atoms with Crippen LogP contribution in [0, 0.1) is 11.8 Å². The zero-order chi connectivity index (χ0) is 14.5. The molecular formula is C15H23N5. The number of rotatable bonds is 6. The molecule has 2 aromatic rings. The quantitative estimate of drug-likeness (QED) is 0.879. The summed E-state index contributed by atoms with van der Waals surface area (Å²) in [5, 5.41) is 14.8. The molecule has 5 nitrogen and oxygen atoms in total. The van der Waals surface area contributed by atoms with Gasteiger partial charge in [0.15, 0.2) is 0 Å². The van der Waals surface area contributed by atoms with E-state index < -0.39 is 0 Å². The third kappa shape index (κ3) is 3.63. The Labute approximate surface area is 120 Å². The highest BCUT2D eigenvalue weighted by Crippen LogP contribution is 2.17. The first-order chi connectivity index (χ1) is 9.58. The van der Waals surface area contributed by atoms with Gasteiger partial charge < -0.3 is 5.32 Å². The highest BCUT2D eigenvalue weighted by Gasteiger charge is 2.11. The fourth-order valence-corrected chi connectivity index (χ4v) is 1.93. The minimum absolute atomic E-state index is 0.313. The van der Waals surface area contributed by atoms with Crippen LogP contribution in [-0.4, -0.2) is 26.8 Å². The number of aromatic nitrogens is 4. The third-order valence-corrected chi connectivity index (χ3v) is 3.87. The largest absolute Gasteiger partial charge is 0.310 e. The molecule has 0 saturated carbocycles. The first-order valence-electron chi connectivity index (χ1n) is 7.14. The fraction of sp³-hybridized carbons (Fsp3) is 0.533. The Bertz CT molecular complexity index is 521. The molecule has 0 fully saturated rings. The number of nitrogens with one attached hydrogen (secondary N) is 1. The van der Waals surface area contributed by atoms with Crippen molar-refractivity contribution >= 4 is 0 Å². The van der Waals surface area contributed by atoms with Gasteiger partial charge in [0.2, 0.25) is 0 Å². The van der Waals surface area contributed by atoms with Crippen LogP contribution in [0.4, 0.5) is 0 Å². The first kappa shape index (κ1) is 14.7. The van der Waals surface area contributed by atoms with Gasteiger partial charge in [-0.05, 0) is 53.4 Å². The van der Waals surface area contributed by atoms with Crippen LogP contribution in [0.2, 0.25) is 0 Å². The number of tetrazole rings is 1. The van der Waals surface area contributed by atoms with Crippen molar-refractivity contribution in [2.75, 3.05) is 6.54 Å². The second-order valence-electron chi connectivity index (χ2n) is 5.70. The van der Waals surface area contributed by atoms with E-state index in [0.29, 0.717) is 17.9 Å². The average molecular weight is 273 g/mol. The van der Waals surface area contributed by atoms with Crippen molar-refractivity contribution in [2.45, 2.75) is 33.7 Å². The lowest BCUT2D eigenvalue weighted by Crippen LogP contribution is -2.26. The summed E-state index contributed by atoms with van der Waals surface area (Å²) in [6.45, 7) is 10.0. The Hall–Kier alpha value is -1.75. The van der Waals surface area contributed by atoms with Gasteiger partial charge in [0.25, 0.3) is 0 Å². The van der Waals surface area contributed by atoms with Crippen LogP contribution in [0.3, 0.4) is 0 Å². The molecular weight excluding hydrogens is 250 g/mol. The maximum atomic E-state index is 3.92. The van der Waals surface area contributed by atoms with E-state index >= 15 is 0 Å². The fourth-order valence-electron chi connectivity index (χ4n) is 1.93. The minimum Gasteiger partial charge on any atom is -0.310 e. The van der Waals surface area contributed by atoms with Gasteiger partial charge in [0.05, 0.1) is 5.69 Å². The summed E-state index contributed by atoms with van der Waals surface area (Å²) in [5.74, 6) is 1.36. The van der Waals surface area contributed by atoms with E-state index in [1.54, 1.807) is 11.0 Å². The highest BCUT2D eigenvalue weighted by molar-refractivity contribution is 5.35. The molecule has 108 valence electrons. The topological polar surface area (TPSA) is 55.6 Å². The normalized spacial score (nSPS) is 14.4. The lowest BCUT2D eigenvalue weighted by atomic mass is 9.97. The molecule has 1 aromatic heterocycles. The molecule has 0 radical (unpaired) electrons. The van der Waals surface area contributed by atoms with Gasteiger partial charge in [-0.1, -0.05) is 32.9 Å². The van der Waals surface area contributed by atoms with E-state index in [4.69, 9.17) is 0 Å². The van der Waals surface area contributed by atoms with Gasteiger partial charge in [0.1, 0.15) is 6.33 Å². The van der Waals surface area contributed by atoms with Crippen LogP contribution in [0.25, 0.3) is 5.69 Å². The summed E-state index contributed by atoms with van der Waals surface area (Å²) < 4.78 is 1.67. The molecule has 1 aromatic carbocycles. The predicted octanol–water partition coefficient (Wildman–Crippen LogP) is 2.61. The number of hydrogen-bond acceptors (Lipinski definition) is 4. The van der Waals surface area contributed by atoms with Gasteiger partial charge in [-0.15, -0.1) is 5.10 Å². The number of benzene rings is 1. The molecule has 0 aliphatic rings. The van der Waals surface area contributed by atoms with Crippen LogP contribution < -0.4 is 5.32 Å². The van der Waals surface area contributed by atoms with Crippen LogP contribution >= 0.6 is 0 Å². The standard InChI is InChI=1S/C15H23N5/c1-11(2)12(3)9-16-13(4)14-6-5-7-15(8-14)20-10-17-18-19-20/h5-8,10-13,16H,9H2,1-4H3. The molecule has 1 N–H and O–H groups in total. The van der Waals surface area contributed by atoms with Gasteiger partial charge >= 0.3 is 0 Å².